The van der Waals surface area contributed by atoms with Crippen LogP contribution in [0.25, 0.3) is 0 Å². The van der Waals surface area contributed by atoms with E-state index in [2.05, 4.69) is 20.0 Å². The van der Waals surface area contributed by atoms with Crippen LogP contribution in [-0.4, -0.2) is 26.6 Å². The Morgan fingerprint density at radius 3 is 2.08 bits per heavy atom. The number of hydrogen-bond donors (Lipinski definition) is 1. The standard InChI is InChI=1S/C7H18O2Si2.2Li.2H/c1-7-5-6-11(4,8)10(2,3)9-7;;;;/h7-8H,5-6H2,1-4H3;;;;/q;2*+1;2*-1. The van der Waals surface area contributed by atoms with Crippen LogP contribution >= 0.6 is 0 Å². The first kappa shape index (κ1) is 17.0. The molecule has 0 aromatic rings. The molecule has 1 N–H and O–H groups in total. The first-order valence-electron chi connectivity index (χ1n) is 4.25. The van der Waals surface area contributed by atoms with Gasteiger partial charge in [0.2, 0.25) is 15.7 Å². The number of rotatable bonds is 0. The Hall–Kier alpha value is 1.55. The molecule has 1 aliphatic rings. The Kier molecular flexibility index (Phi) is 7.28. The fourth-order valence-electron chi connectivity index (χ4n) is 1.47. The van der Waals surface area contributed by atoms with Gasteiger partial charge in [0.25, 0.3) is 0 Å². The van der Waals surface area contributed by atoms with E-state index in [1.807, 2.05) is 6.55 Å². The maximum absolute atomic E-state index is 10.1. The summed E-state index contributed by atoms with van der Waals surface area (Å²) in [5.41, 5.74) is 0. The molecule has 0 aliphatic carbocycles. The average Bonchev–Trinajstić information content (AvgIpc) is 1.80. The van der Waals surface area contributed by atoms with Gasteiger partial charge in [0, 0.05) is 6.10 Å². The van der Waals surface area contributed by atoms with Gasteiger partial charge in [-0.3, -0.25) is 0 Å². The summed E-state index contributed by atoms with van der Waals surface area (Å²) < 4.78 is 5.84. The van der Waals surface area contributed by atoms with Gasteiger partial charge in [-0.2, -0.15) is 0 Å². The van der Waals surface area contributed by atoms with Crippen molar-refractivity contribution in [3.63, 3.8) is 0 Å². The Labute approximate surface area is 110 Å². The van der Waals surface area contributed by atoms with Gasteiger partial charge in [-0.25, -0.2) is 0 Å². The van der Waals surface area contributed by atoms with E-state index in [0.717, 1.165) is 12.5 Å². The molecule has 2 unspecified atom stereocenters. The summed E-state index contributed by atoms with van der Waals surface area (Å²) in [7, 11) is -3.63. The van der Waals surface area contributed by atoms with E-state index in [1.54, 1.807) is 0 Å². The largest absolute Gasteiger partial charge is 1.00 e. The minimum absolute atomic E-state index is 0. The first-order chi connectivity index (χ1) is 4.85. The van der Waals surface area contributed by atoms with E-state index < -0.39 is 15.7 Å². The molecule has 1 saturated heterocycles. The molecular formula is C7H20Li2O2Si2. The summed E-state index contributed by atoms with van der Waals surface area (Å²) in [6, 6.07) is 1.04. The molecule has 1 heterocycles. The summed E-state index contributed by atoms with van der Waals surface area (Å²) in [6.07, 6.45) is 1.43. The van der Waals surface area contributed by atoms with E-state index in [4.69, 9.17) is 4.43 Å². The zero-order valence-electron chi connectivity index (χ0n) is 11.8. The smallest absolute Gasteiger partial charge is 1.00 e. The predicted octanol–water partition coefficient (Wildman–Crippen LogP) is -4.12. The normalized spacial score (nSPS) is 37.2. The van der Waals surface area contributed by atoms with Crippen molar-refractivity contribution in [2.45, 2.75) is 45.1 Å². The van der Waals surface area contributed by atoms with Crippen molar-refractivity contribution in [2.24, 2.45) is 0 Å². The maximum atomic E-state index is 10.1. The molecule has 70 valence electrons. The number of hydrogen-bond acceptors (Lipinski definition) is 2. The van der Waals surface area contributed by atoms with E-state index in [-0.39, 0.29) is 40.6 Å². The second-order valence-corrected chi connectivity index (χ2v) is 17.4. The zero-order chi connectivity index (χ0) is 8.70. The Morgan fingerprint density at radius 2 is 1.77 bits per heavy atom. The first-order valence-corrected chi connectivity index (χ1v) is 10.8. The molecule has 1 fully saturated rings. The minimum Gasteiger partial charge on any atom is -1.00 e. The van der Waals surface area contributed by atoms with Gasteiger partial charge in [-0.05, 0) is 39.0 Å². The van der Waals surface area contributed by atoms with Gasteiger partial charge >= 0.3 is 37.7 Å². The van der Waals surface area contributed by atoms with E-state index in [1.165, 1.54) is 0 Å². The molecular weight excluding hydrogens is 186 g/mol. The third-order valence-electron chi connectivity index (χ3n) is 2.83. The van der Waals surface area contributed by atoms with Crippen molar-refractivity contribution < 1.29 is 49.8 Å². The van der Waals surface area contributed by atoms with Gasteiger partial charge in [-0.15, -0.1) is 0 Å². The van der Waals surface area contributed by atoms with Crippen molar-refractivity contribution in [1.29, 1.82) is 0 Å². The van der Waals surface area contributed by atoms with Crippen LogP contribution in [0.2, 0.25) is 25.7 Å². The molecule has 2 atom stereocenters. The molecule has 0 spiro atoms. The van der Waals surface area contributed by atoms with Gasteiger partial charge < -0.3 is 12.1 Å². The second kappa shape index (κ2) is 5.58. The fraction of sp³-hybridized carbons (Fsp3) is 1.00. The average molecular weight is 206 g/mol. The zero-order valence-corrected chi connectivity index (χ0v) is 11.8. The minimum atomic E-state index is -1.94. The van der Waals surface area contributed by atoms with Crippen LogP contribution in [0.5, 0.6) is 0 Å². The molecule has 1 rings (SSSR count). The van der Waals surface area contributed by atoms with Crippen LogP contribution in [-0.2, 0) is 4.43 Å². The predicted molar refractivity (Wildman–Crippen MR) is 53.5 cm³/mol. The Morgan fingerprint density at radius 1 is 1.31 bits per heavy atom. The van der Waals surface area contributed by atoms with Crippen molar-refractivity contribution in [1.82, 2.24) is 0 Å². The van der Waals surface area contributed by atoms with Crippen molar-refractivity contribution >= 4 is 15.7 Å². The van der Waals surface area contributed by atoms with Gasteiger partial charge in [0.15, 0.2) is 0 Å². The van der Waals surface area contributed by atoms with Crippen LogP contribution in [0.1, 0.15) is 16.2 Å². The molecule has 2 nitrogen and oxygen atoms in total. The van der Waals surface area contributed by atoms with Gasteiger partial charge in [0.1, 0.15) is 0 Å². The topological polar surface area (TPSA) is 29.5 Å². The molecule has 1 aliphatic heterocycles. The van der Waals surface area contributed by atoms with E-state index in [9.17, 15) is 4.80 Å². The van der Waals surface area contributed by atoms with E-state index in [0.29, 0.717) is 6.10 Å². The maximum Gasteiger partial charge on any atom is 1.00 e. The van der Waals surface area contributed by atoms with Gasteiger partial charge in [-0.1, -0.05) is 0 Å². The Bertz CT molecular complexity index is 173. The molecule has 0 amide bonds. The Balaban J connectivity index is -0.000000151. The second-order valence-electron chi connectivity index (χ2n) is 4.25. The fourth-order valence-corrected chi connectivity index (χ4v) is 8.03. The summed E-state index contributed by atoms with van der Waals surface area (Å²) in [6.45, 7) is 8.45. The summed E-state index contributed by atoms with van der Waals surface area (Å²) in [5.74, 6) is 0. The SMILES string of the molecule is CC1CC[Si](C)(O)[Si](C)(C)O1.[H-].[H-].[Li+].[Li+]. The van der Waals surface area contributed by atoms with Crippen LogP contribution in [0.4, 0.5) is 0 Å². The molecule has 13 heavy (non-hydrogen) atoms. The molecule has 0 bridgehead atoms. The van der Waals surface area contributed by atoms with Crippen molar-refractivity contribution in [3.8, 4) is 0 Å². The van der Waals surface area contributed by atoms with Crippen LogP contribution < -0.4 is 37.7 Å². The monoisotopic (exact) mass is 206 g/mol. The molecule has 0 aromatic heterocycles. The summed E-state index contributed by atoms with van der Waals surface area (Å²) >= 11 is 0. The quantitative estimate of drug-likeness (QED) is 0.408. The van der Waals surface area contributed by atoms with Crippen molar-refractivity contribution in [2.75, 3.05) is 0 Å². The van der Waals surface area contributed by atoms with Crippen LogP contribution in [0, 0.1) is 0 Å². The van der Waals surface area contributed by atoms with Crippen molar-refractivity contribution in [3.05, 3.63) is 0 Å². The molecule has 0 radical (unpaired) electrons. The van der Waals surface area contributed by atoms with Crippen LogP contribution in [0.15, 0.2) is 0 Å². The van der Waals surface area contributed by atoms with Crippen LogP contribution in [0.3, 0.4) is 0 Å². The third-order valence-corrected chi connectivity index (χ3v) is 16.6. The summed E-state index contributed by atoms with van der Waals surface area (Å²) in [5, 5.41) is 0. The van der Waals surface area contributed by atoms with Gasteiger partial charge in [0.05, 0.1) is 0 Å². The molecule has 0 saturated carbocycles. The third kappa shape index (κ3) is 3.89. The summed E-state index contributed by atoms with van der Waals surface area (Å²) in [4.78, 5) is 10.1. The molecule has 0 aromatic carbocycles. The molecule has 6 heteroatoms. The van der Waals surface area contributed by atoms with E-state index >= 15 is 0 Å².